The predicted molar refractivity (Wildman–Crippen MR) is 115 cm³/mol. The van der Waals surface area contributed by atoms with Crippen molar-refractivity contribution < 1.29 is 9.53 Å². The largest absolute Gasteiger partial charge is 0.373 e. The smallest absolute Gasteiger partial charge is 0.239 e. The first-order chi connectivity index (χ1) is 11.3. The van der Waals surface area contributed by atoms with Gasteiger partial charge in [-0.05, 0) is 40.0 Å². The second-order valence-corrected chi connectivity index (χ2v) is 7.67. The molecule has 0 aromatic rings. The van der Waals surface area contributed by atoms with E-state index >= 15 is 0 Å². The third kappa shape index (κ3) is 10.2. The van der Waals surface area contributed by atoms with Gasteiger partial charge in [0.15, 0.2) is 5.96 Å². The van der Waals surface area contributed by atoms with Gasteiger partial charge in [-0.2, -0.15) is 0 Å². The lowest BCUT2D eigenvalue weighted by Gasteiger charge is -2.37. The lowest BCUT2D eigenvalue weighted by Crippen LogP contribution is -2.52. The van der Waals surface area contributed by atoms with Crippen molar-refractivity contribution in [3.8, 4) is 0 Å². The van der Waals surface area contributed by atoms with Gasteiger partial charge in [0.1, 0.15) is 0 Å². The Morgan fingerprint density at radius 1 is 1.16 bits per heavy atom. The monoisotopic (exact) mass is 468 g/mol. The molecule has 25 heavy (non-hydrogen) atoms. The lowest BCUT2D eigenvalue weighted by atomic mass is 9.84. The van der Waals surface area contributed by atoms with E-state index in [1.165, 1.54) is 19.3 Å². The van der Waals surface area contributed by atoms with Crippen LogP contribution in [0.25, 0.3) is 0 Å². The van der Waals surface area contributed by atoms with Crippen LogP contribution < -0.4 is 16.0 Å². The van der Waals surface area contributed by atoms with Crippen molar-refractivity contribution in [2.75, 3.05) is 26.7 Å². The summed E-state index contributed by atoms with van der Waals surface area (Å²) in [6, 6.07) is 0. The molecule has 0 aromatic heterocycles. The fourth-order valence-electron chi connectivity index (χ4n) is 2.98. The number of nitrogens with one attached hydrogen (secondary N) is 3. The van der Waals surface area contributed by atoms with E-state index in [-0.39, 0.29) is 47.6 Å². The molecule has 0 saturated heterocycles. The van der Waals surface area contributed by atoms with Crippen LogP contribution in [0, 0.1) is 0 Å². The van der Waals surface area contributed by atoms with E-state index in [1.807, 2.05) is 20.8 Å². The van der Waals surface area contributed by atoms with Crippen LogP contribution in [0.5, 0.6) is 0 Å². The number of amides is 1. The number of hydrogen-bond donors (Lipinski definition) is 3. The number of aliphatic imine (C=N–C) groups is 1. The molecule has 1 rings (SSSR count). The Labute approximate surface area is 170 Å². The van der Waals surface area contributed by atoms with E-state index in [9.17, 15) is 4.79 Å². The number of ether oxygens (including phenoxy) is 1. The summed E-state index contributed by atoms with van der Waals surface area (Å²) in [6.07, 6.45) is 6.92. The van der Waals surface area contributed by atoms with E-state index in [1.54, 1.807) is 7.05 Å². The third-order valence-electron chi connectivity index (χ3n) is 4.11. The molecule has 1 saturated carbocycles. The summed E-state index contributed by atoms with van der Waals surface area (Å²) in [5.41, 5.74) is -0.324. The fourth-order valence-corrected chi connectivity index (χ4v) is 2.98. The minimum Gasteiger partial charge on any atom is -0.373 e. The van der Waals surface area contributed by atoms with Gasteiger partial charge >= 0.3 is 0 Å². The molecule has 3 N–H and O–H groups in total. The summed E-state index contributed by atoms with van der Waals surface area (Å²) >= 11 is 0. The predicted octanol–water partition coefficient (Wildman–Crippen LogP) is 2.81. The highest BCUT2D eigenvalue weighted by Crippen LogP contribution is 2.31. The first-order valence-corrected chi connectivity index (χ1v) is 9.20. The topological polar surface area (TPSA) is 74.8 Å². The average Bonchev–Trinajstić information content (AvgIpc) is 2.52. The molecule has 1 aliphatic carbocycles. The van der Waals surface area contributed by atoms with Crippen LogP contribution >= 0.6 is 24.0 Å². The normalized spacial score (nSPS) is 17.4. The molecule has 0 heterocycles. The van der Waals surface area contributed by atoms with Crippen LogP contribution in [-0.4, -0.2) is 49.8 Å². The van der Waals surface area contributed by atoms with Crippen molar-refractivity contribution in [1.82, 2.24) is 16.0 Å². The molecule has 0 atom stereocenters. The molecule has 148 valence electrons. The lowest BCUT2D eigenvalue weighted by molar-refractivity contribution is -0.121. The van der Waals surface area contributed by atoms with Gasteiger partial charge in [-0.25, -0.2) is 0 Å². The molecule has 6 nitrogen and oxygen atoms in total. The van der Waals surface area contributed by atoms with Gasteiger partial charge in [0, 0.05) is 25.7 Å². The highest BCUT2D eigenvalue weighted by molar-refractivity contribution is 14.0. The maximum atomic E-state index is 11.9. The Morgan fingerprint density at radius 2 is 1.80 bits per heavy atom. The second-order valence-electron chi connectivity index (χ2n) is 7.67. The van der Waals surface area contributed by atoms with Gasteiger partial charge in [-0.1, -0.05) is 26.2 Å². The number of halogens is 1. The second kappa shape index (κ2) is 11.9. The standard InChI is InChI=1S/C18H36N4O2.HI/c1-6-12-24-18(10-8-7-9-11-18)14-21-16(19-5)20-13-15(23)22-17(2,3)4;/h6-14H2,1-5H3,(H,22,23)(H2,19,20,21);1H. The van der Waals surface area contributed by atoms with Crippen molar-refractivity contribution in [3.63, 3.8) is 0 Å². The summed E-state index contributed by atoms with van der Waals surface area (Å²) < 4.78 is 6.18. The Balaban J connectivity index is 0.00000576. The van der Waals surface area contributed by atoms with Gasteiger partial charge in [-0.15, -0.1) is 24.0 Å². The molecular formula is C18H37IN4O2. The summed E-state index contributed by atoms with van der Waals surface area (Å²) in [4.78, 5) is 16.1. The molecule has 0 bridgehead atoms. The molecule has 1 fully saturated rings. The SMILES string of the molecule is CCCOC1(CNC(=NC)NCC(=O)NC(C)(C)C)CCCCC1.I. The van der Waals surface area contributed by atoms with Crippen LogP contribution in [0.1, 0.15) is 66.2 Å². The molecule has 0 radical (unpaired) electrons. The van der Waals surface area contributed by atoms with Crippen molar-refractivity contribution in [2.24, 2.45) is 4.99 Å². The van der Waals surface area contributed by atoms with Crippen LogP contribution in [0.2, 0.25) is 0 Å². The van der Waals surface area contributed by atoms with Crippen molar-refractivity contribution >= 4 is 35.8 Å². The van der Waals surface area contributed by atoms with E-state index in [4.69, 9.17) is 4.74 Å². The van der Waals surface area contributed by atoms with Gasteiger partial charge in [0.2, 0.25) is 5.91 Å². The Kier molecular flexibility index (Phi) is 11.7. The van der Waals surface area contributed by atoms with Gasteiger partial charge in [0.25, 0.3) is 0 Å². The number of nitrogens with zero attached hydrogens (tertiary/aromatic N) is 1. The summed E-state index contributed by atoms with van der Waals surface area (Å²) in [6.45, 7) is 9.77. The first-order valence-electron chi connectivity index (χ1n) is 9.20. The van der Waals surface area contributed by atoms with Crippen LogP contribution in [0.3, 0.4) is 0 Å². The molecule has 1 aliphatic rings. The fraction of sp³-hybridized carbons (Fsp3) is 0.889. The van der Waals surface area contributed by atoms with Gasteiger partial charge < -0.3 is 20.7 Å². The average molecular weight is 468 g/mol. The van der Waals surface area contributed by atoms with E-state index in [0.717, 1.165) is 32.4 Å². The van der Waals surface area contributed by atoms with E-state index < -0.39 is 0 Å². The summed E-state index contributed by atoms with van der Waals surface area (Å²) in [7, 11) is 1.72. The maximum absolute atomic E-state index is 11.9. The molecular weight excluding hydrogens is 431 g/mol. The maximum Gasteiger partial charge on any atom is 0.239 e. The molecule has 0 spiro atoms. The molecule has 1 amide bonds. The van der Waals surface area contributed by atoms with Crippen LogP contribution in [-0.2, 0) is 9.53 Å². The highest BCUT2D eigenvalue weighted by Gasteiger charge is 2.32. The number of carbonyl (C=O) groups is 1. The number of rotatable bonds is 7. The molecule has 0 aliphatic heterocycles. The summed E-state index contributed by atoms with van der Waals surface area (Å²) in [5, 5.41) is 9.35. The minimum absolute atomic E-state index is 0. The molecule has 0 aromatic carbocycles. The van der Waals surface area contributed by atoms with Crippen LogP contribution in [0.4, 0.5) is 0 Å². The van der Waals surface area contributed by atoms with Crippen molar-refractivity contribution in [2.45, 2.75) is 77.4 Å². The zero-order valence-corrected chi connectivity index (χ0v) is 18.9. The Bertz CT molecular complexity index is 416. The van der Waals surface area contributed by atoms with Crippen molar-refractivity contribution in [3.05, 3.63) is 0 Å². The first kappa shape index (κ1) is 24.4. The van der Waals surface area contributed by atoms with Gasteiger partial charge in [-0.3, -0.25) is 9.79 Å². The zero-order valence-electron chi connectivity index (χ0n) is 16.5. The van der Waals surface area contributed by atoms with E-state index in [2.05, 4.69) is 27.9 Å². The number of guanidine groups is 1. The Morgan fingerprint density at radius 3 is 2.32 bits per heavy atom. The third-order valence-corrected chi connectivity index (χ3v) is 4.11. The number of carbonyl (C=O) groups excluding carboxylic acids is 1. The zero-order chi connectivity index (χ0) is 18.1. The van der Waals surface area contributed by atoms with Crippen molar-refractivity contribution in [1.29, 1.82) is 0 Å². The van der Waals surface area contributed by atoms with Crippen LogP contribution in [0.15, 0.2) is 4.99 Å². The summed E-state index contributed by atoms with van der Waals surface area (Å²) in [5.74, 6) is 0.601. The molecule has 0 unspecified atom stereocenters. The quantitative estimate of drug-likeness (QED) is 0.305. The number of hydrogen-bond acceptors (Lipinski definition) is 3. The van der Waals surface area contributed by atoms with E-state index in [0.29, 0.717) is 5.96 Å². The highest BCUT2D eigenvalue weighted by atomic mass is 127. The van der Waals surface area contributed by atoms with Gasteiger partial charge in [0.05, 0.1) is 12.1 Å². The Hall–Kier alpha value is -0.570. The molecule has 7 heteroatoms. The minimum atomic E-state index is -0.226.